The van der Waals surface area contributed by atoms with Crippen molar-refractivity contribution in [3.63, 3.8) is 0 Å². The number of hydrogen-bond acceptors (Lipinski definition) is 2. The number of benzene rings is 1. The van der Waals surface area contributed by atoms with Gasteiger partial charge in [-0.25, -0.2) is 0 Å². The minimum Gasteiger partial charge on any atom is -0.339 e. The van der Waals surface area contributed by atoms with Gasteiger partial charge in [-0.2, -0.15) is 11.8 Å². The second kappa shape index (κ2) is 5.98. The van der Waals surface area contributed by atoms with E-state index in [0.29, 0.717) is 10.5 Å². The third kappa shape index (κ3) is 3.21. The number of carbonyl (C=O) groups is 1. The fourth-order valence-electron chi connectivity index (χ4n) is 2.28. The van der Waals surface area contributed by atoms with Gasteiger partial charge in [-0.05, 0) is 5.56 Å². The van der Waals surface area contributed by atoms with E-state index in [0.717, 1.165) is 18.7 Å². The maximum atomic E-state index is 12.4. The van der Waals surface area contributed by atoms with Crippen molar-refractivity contribution in [2.75, 3.05) is 13.1 Å². The third-order valence-corrected chi connectivity index (χ3v) is 4.71. The predicted molar refractivity (Wildman–Crippen MR) is 78.1 cm³/mol. The van der Waals surface area contributed by atoms with Crippen LogP contribution in [0.5, 0.6) is 0 Å². The van der Waals surface area contributed by atoms with Crippen LogP contribution < -0.4 is 0 Å². The van der Waals surface area contributed by atoms with Gasteiger partial charge in [0.1, 0.15) is 5.38 Å². The highest BCUT2D eigenvalue weighted by Crippen LogP contribution is 2.29. The van der Waals surface area contributed by atoms with E-state index in [9.17, 15) is 4.79 Å². The molecule has 98 valence electrons. The minimum atomic E-state index is -0.561. The molecule has 4 heteroatoms. The van der Waals surface area contributed by atoms with Crippen LogP contribution in [-0.2, 0) is 4.79 Å². The smallest absolute Gasteiger partial charge is 0.245 e. The van der Waals surface area contributed by atoms with Crippen LogP contribution in [-0.4, -0.2) is 34.4 Å². The van der Waals surface area contributed by atoms with E-state index in [4.69, 9.17) is 11.6 Å². The maximum absolute atomic E-state index is 12.4. The highest BCUT2D eigenvalue weighted by Gasteiger charge is 2.30. The Bertz CT molecular complexity index is 402. The molecule has 0 radical (unpaired) electrons. The average Bonchev–Trinajstić information content (AvgIpc) is 2.37. The van der Waals surface area contributed by atoms with Gasteiger partial charge in [0, 0.05) is 23.6 Å². The zero-order valence-electron chi connectivity index (χ0n) is 10.7. The van der Waals surface area contributed by atoms with E-state index < -0.39 is 5.38 Å². The molecule has 2 nitrogen and oxygen atoms in total. The van der Waals surface area contributed by atoms with Crippen molar-refractivity contribution in [2.24, 2.45) is 0 Å². The Hall–Kier alpha value is -0.670. The van der Waals surface area contributed by atoms with Crippen molar-refractivity contribution in [2.45, 2.75) is 29.7 Å². The Kier molecular flexibility index (Phi) is 4.57. The summed E-state index contributed by atoms with van der Waals surface area (Å²) < 4.78 is 0. The molecule has 1 aromatic carbocycles. The number of nitrogens with zero attached hydrogens (tertiary/aromatic N) is 1. The van der Waals surface area contributed by atoms with Gasteiger partial charge in [0.05, 0.1) is 0 Å². The van der Waals surface area contributed by atoms with Crippen molar-refractivity contribution >= 4 is 29.3 Å². The molecule has 1 amide bonds. The Morgan fingerprint density at radius 3 is 2.39 bits per heavy atom. The van der Waals surface area contributed by atoms with Crippen molar-refractivity contribution in [3.05, 3.63) is 35.9 Å². The average molecular weight is 284 g/mol. The van der Waals surface area contributed by atoms with E-state index in [1.54, 1.807) is 0 Å². The number of alkyl halides is 1. The van der Waals surface area contributed by atoms with E-state index in [1.807, 2.05) is 47.0 Å². The Balaban J connectivity index is 2.07. The number of halogens is 1. The number of hydrogen-bond donors (Lipinski definition) is 0. The summed E-state index contributed by atoms with van der Waals surface area (Å²) in [7, 11) is 0. The summed E-state index contributed by atoms with van der Waals surface area (Å²) in [5.74, 6) is 0.0295. The molecule has 18 heavy (non-hydrogen) atoms. The lowest BCUT2D eigenvalue weighted by Crippen LogP contribution is -2.45. The summed E-state index contributed by atoms with van der Waals surface area (Å²) in [6.45, 7) is 5.91. The van der Waals surface area contributed by atoms with Gasteiger partial charge in [-0.1, -0.05) is 44.2 Å². The van der Waals surface area contributed by atoms with Gasteiger partial charge in [0.2, 0.25) is 5.91 Å². The summed E-state index contributed by atoms with van der Waals surface area (Å²) in [4.78, 5) is 14.3. The molecule has 1 saturated heterocycles. The first kappa shape index (κ1) is 13.8. The zero-order valence-corrected chi connectivity index (χ0v) is 12.2. The standard InChI is InChI=1S/C14H18ClNOS/c1-10-8-16(9-11(2)18-10)14(17)13(15)12-6-4-3-5-7-12/h3-7,10-11,13H,8-9H2,1-2H3. The molecule has 0 saturated carbocycles. The quantitative estimate of drug-likeness (QED) is 0.776. The molecule has 3 atom stereocenters. The van der Waals surface area contributed by atoms with E-state index in [2.05, 4.69) is 13.8 Å². The number of carbonyl (C=O) groups excluding carboxylic acids is 1. The first-order chi connectivity index (χ1) is 8.58. The fraction of sp³-hybridized carbons (Fsp3) is 0.500. The van der Waals surface area contributed by atoms with E-state index in [1.165, 1.54) is 0 Å². The maximum Gasteiger partial charge on any atom is 0.245 e. The summed E-state index contributed by atoms with van der Waals surface area (Å²) in [6.07, 6.45) is 0. The van der Waals surface area contributed by atoms with Gasteiger partial charge in [-0.15, -0.1) is 11.6 Å². The molecule has 0 N–H and O–H groups in total. The molecule has 1 aliphatic heterocycles. The van der Waals surface area contributed by atoms with Gasteiger partial charge >= 0.3 is 0 Å². The molecule has 1 aromatic rings. The van der Waals surface area contributed by atoms with Crippen LogP contribution in [0, 0.1) is 0 Å². The summed E-state index contributed by atoms with van der Waals surface area (Å²) in [5, 5.41) is 0.406. The second-order valence-electron chi connectivity index (χ2n) is 4.77. The molecular weight excluding hydrogens is 266 g/mol. The molecule has 0 bridgehead atoms. The molecule has 3 unspecified atom stereocenters. The minimum absolute atomic E-state index is 0.0295. The van der Waals surface area contributed by atoms with Gasteiger partial charge < -0.3 is 4.90 Å². The summed E-state index contributed by atoms with van der Waals surface area (Å²) in [5.41, 5.74) is 0.877. The van der Waals surface area contributed by atoms with Crippen molar-refractivity contribution in [1.29, 1.82) is 0 Å². The van der Waals surface area contributed by atoms with Crippen molar-refractivity contribution < 1.29 is 4.79 Å². The highest BCUT2D eigenvalue weighted by molar-refractivity contribution is 8.00. The fourth-order valence-corrected chi connectivity index (χ4v) is 3.89. The lowest BCUT2D eigenvalue weighted by molar-refractivity contribution is -0.131. The van der Waals surface area contributed by atoms with Crippen LogP contribution in [0.2, 0.25) is 0 Å². The van der Waals surface area contributed by atoms with Crippen LogP contribution in [0.4, 0.5) is 0 Å². The second-order valence-corrected chi connectivity index (χ2v) is 7.09. The number of rotatable bonds is 2. The lowest BCUT2D eigenvalue weighted by atomic mass is 10.1. The van der Waals surface area contributed by atoms with Gasteiger partial charge in [-0.3, -0.25) is 4.79 Å². The third-order valence-electron chi connectivity index (χ3n) is 3.04. The molecule has 1 aliphatic rings. The van der Waals surface area contributed by atoms with Crippen LogP contribution in [0.15, 0.2) is 30.3 Å². The largest absolute Gasteiger partial charge is 0.339 e. The van der Waals surface area contributed by atoms with Gasteiger partial charge in [0.25, 0.3) is 0 Å². The van der Waals surface area contributed by atoms with Gasteiger partial charge in [0.15, 0.2) is 0 Å². The predicted octanol–water partition coefficient (Wildman–Crippen LogP) is 3.32. The van der Waals surface area contributed by atoms with Crippen LogP contribution in [0.1, 0.15) is 24.8 Å². The first-order valence-corrected chi connectivity index (χ1v) is 7.59. The Morgan fingerprint density at radius 1 is 1.28 bits per heavy atom. The Labute approximate surface area is 118 Å². The SMILES string of the molecule is CC1CN(C(=O)C(Cl)c2ccccc2)CC(C)S1. The lowest BCUT2D eigenvalue weighted by Gasteiger charge is -2.35. The molecule has 0 spiro atoms. The van der Waals surface area contributed by atoms with Crippen LogP contribution >= 0.6 is 23.4 Å². The number of thioether (sulfide) groups is 1. The summed E-state index contributed by atoms with van der Waals surface area (Å²) in [6, 6.07) is 9.56. The number of amides is 1. The first-order valence-electron chi connectivity index (χ1n) is 6.21. The van der Waals surface area contributed by atoms with Crippen molar-refractivity contribution in [3.8, 4) is 0 Å². The zero-order chi connectivity index (χ0) is 13.1. The van der Waals surface area contributed by atoms with Crippen molar-refractivity contribution in [1.82, 2.24) is 4.90 Å². The molecule has 1 fully saturated rings. The monoisotopic (exact) mass is 283 g/mol. The van der Waals surface area contributed by atoms with Crippen LogP contribution in [0.3, 0.4) is 0 Å². The molecule has 0 aliphatic carbocycles. The Morgan fingerprint density at radius 2 is 1.83 bits per heavy atom. The molecular formula is C14H18ClNOS. The van der Waals surface area contributed by atoms with E-state index >= 15 is 0 Å². The van der Waals surface area contributed by atoms with Crippen LogP contribution in [0.25, 0.3) is 0 Å². The van der Waals surface area contributed by atoms with E-state index in [-0.39, 0.29) is 5.91 Å². The molecule has 0 aromatic heterocycles. The topological polar surface area (TPSA) is 20.3 Å². The molecule has 2 rings (SSSR count). The molecule has 1 heterocycles. The summed E-state index contributed by atoms with van der Waals surface area (Å²) >= 11 is 8.22. The normalized spacial score (nSPS) is 25.8. The highest BCUT2D eigenvalue weighted by atomic mass is 35.5.